The number of nitrogens with zero attached hydrogens (tertiary/aromatic N) is 1. The molecule has 0 bridgehead atoms. The summed E-state index contributed by atoms with van der Waals surface area (Å²) < 4.78 is 5.93. The molecule has 6 heteroatoms. The number of carbonyl (C=O) groups is 2. The number of aliphatic hydroxyl groups excluding tert-OH is 1. The van der Waals surface area contributed by atoms with Crippen molar-refractivity contribution in [1.29, 1.82) is 0 Å². The average molecular weight is 399 g/mol. The normalized spacial score (nSPS) is 19.3. The SMILES string of the molecule is CCO/N=C(/CC)C1=C(O)CC(c2c(C)c(C(C)=O)c(C)c3c2OCC3)CC1=O. The van der Waals surface area contributed by atoms with Crippen molar-refractivity contribution >= 4 is 17.3 Å². The number of carbonyl (C=O) groups excluding carboxylic acids is 2. The van der Waals surface area contributed by atoms with E-state index in [1.165, 1.54) is 0 Å². The summed E-state index contributed by atoms with van der Waals surface area (Å²) in [7, 11) is 0. The second-order valence-electron chi connectivity index (χ2n) is 7.66. The number of allylic oxidation sites excluding steroid dienone is 2. The molecule has 156 valence electrons. The Labute approximate surface area is 171 Å². The fourth-order valence-corrected chi connectivity index (χ4v) is 4.67. The Morgan fingerprint density at radius 3 is 2.55 bits per heavy atom. The first-order valence-corrected chi connectivity index (χ1v) is 10.3. The van der Waals surface area contributed by atoms with Crippen LogP contribution in [0.25, 0.3) is 0 Å². The minimum absolute atomic E-state index is 0.00987. The largest absolute Gasteiger partial charge is 0.511 e. The molecule has 0 aromatic heterocycles. The molecule has 1 N–H and O–H groups in total. The van der Waals surface area contributed by atoms with E-state index in [0.717, 1.165) is 34.4 Å². The Balaban J connectivity index is 2.09. The van der Waals surface area contributed by atoms with E-state index in [1.807, 2.05) is 27.7 Å². The zero-order chi connectivity index (χ0) is 21.3. The van der Waals surface area contributed by atoms with Gasteiger partial charge in [-0.15, -0.1) is 0 Å². The molecular weight excluding hydrogens is 370 g/mol. The van der Waals surface area contributed by atoms with Crippen molar-refractivity contribution in [2.24, 2.45) is 5.16 Å². The highest BCUT2D eigenvalue weighted by atomic mass is 16.6. The van der Waals surface area contributed by atoms with Crippen molar-refractivity contribution in [3.8, 4) is 5.75 Å². The van der Waals surface area contributed by atoms with Gasteiger partial charge in [0.05, 0.1) is 17.9 Å². The van der Waals surface area contributed by atoms with Gasteiger partial charge in [-0.05, 0) is 45.2 Å². The molecule has 3 rings (SSSR count). The first kappa shape index (κ1) is 21.1. The molecule has 6 nitrogen and oxygen atoms in total. The zero-order valence-corrected chi connectivity index (χ0v) is 17.8. The lowest BCUT2D eigenvalue weighted by atomic mass is 9.76. The molecule has 1 aromatic carbocycles. The first-order chi connectivity index (χ1) is 13.8. The number of fused-ring (bicyclic) bond motifs is 1. The van der Waals surface area contributed by atoms with Gasteiger partial charge in [0.1, 0.15) is 18.1 Å². The van der Waals surface area contributed by atoms with Crippen LogP contribution in [0.5, 0.6) is 5.75 Å². The van der Waals surface area contributed by atoms with Crippen LogP contribution >= 0.6 is 0 Å². The van der Waals surface area contributed by atoms with Crippen LogP contribution in [0.15, 0.2) is 16.5 Å². The Morgan fingerprint density at radius 1 is 1.24 bits per heavy atom. The van der Waals surface area contributed by atoms with Gasteiger partial charge < -0.3 is 14.7 Å². The van der Waals surface area contributed by atoms with E-state index in [0.29, 0.717) is 37.3 Å². The van der Waals surface area contributed by atoms with Gasteiger partial charge >= 0.3 is 0 Å². The molecule has 29 heavy (non-hydrogen) atoms. The quantitative estimate of drug-likeness (QED) is 0.432. The number of oxime groups is 1. The standard InChI is InChI=1S/C23H29NO5/c1-6-17(24-29-7-2)22-18(26)10-15(11-19(22)27)21-13(4)20(14(5)25)12(3)16-8-9-28-23(16)21/h15,26H,6-11H2,1-5H3/b24-17-. The highest BCUT2D eigenvalue weighted by Gasteiger charge is 2.36. The first-order valence-electron chi connectivity index (χ1n) is 10.3. The highest BCUT2D eigenvalue weighted by molar-refractivity contribution is 6.23. The Bertz CT molecular complexity index is 926. The van der Waals surface area contributed by atoms with Gasteiger partial charge in [-0.1, -0.05) is 12.1 Å². The van der Waals surface area contributed by atoms with E-state index in [1.54, 1.807) is 6.92 Å². The van der Waals surface area contributed by atoms with Gasteiger partial charge in [-0.2, -0.15) is 0 Å². The molecular formula is C23H29NO5. The van der Waals surface area contributed by atoms with E-state index in [-0.39, 0.29) is 35.2 Å². The van der Waals surface area contributed by atoms with Crippen molar-refractivity contribution in [2.75, 3.05) is 13.2 Å². The summed E-state index contributed by atoms with van der Waals surface area (Å²) in [6.07, 6.45) is 1.79. The highest BCUT2D eigenvalue weighted by Crippen LogP contribution is 2.46. The molecule has 1 aliphatic heterocycles. The van der Waals surface area contributed by atoms with Crippen LogP contribution in [0, 0.1) is 13.8 Å². The van der Waals surface area contributed by atoms with E-state index >= 15 is 0 Å². The second kappa shape index (κ2) is 8.39. The second-order valence-corrected chi connectivity index (χ2v) is 7.66. The smallest absolute Gasteiger partial charge is 0.168 e. The maximum absolute atomic E-state index is 13.0. The molecule has 0 radical (unpaired) electrons. The van der Waals surface area contributed by atoms with E-state index in [4.69, 9.17) is 9.57 Å². The van der Waals surface area contributed by atoms with Gasteiger partial charge in [0.25, 0.3) is 0 Å². The molecule has 1 atom stereocenters. The Morgan fingerprint density at radius 2 is 1.97 bits per heavy atom. The third-order valence-corrected chi connectivity index (χ3v) is 5.85. The van der Waals surface area contributed by atoms with Gasteiger partial charge in [-0.3, -0.25) is 9.59 Å². The van der Waals surface area contributed by atoms with Crippen molar-refractivity contribution in [3.63, 3.8) is 0 Å². The van der Waals surface area contributed by atoms with Crippen LogP contribution in [0.2, 0.25) is 0 Å². The molecule has 1 unspecified atom stereocenters. The predicted octanol–water partition coefficient (Wildman–Crippen LogP) is 4.50. The number of ketones is 2. The summed E-state index contributed by atoms with van der Waals surface area (Å²) in [4.78, 5) is 30.4. The minimum Gasteiger partial charge on any atom is -0.511 e. The van der Waals surface area contributed by atoms with E-state index < -0.39 is 0 Å². The number of ether oxygens (including phenoxy) is 1. The summed E-state index contributed by atoms with van der Waals surface area (Å²) >= 11 is 0. The van der Waals surface area contributed by atoms with Crippen molar-refractivity contribution in [1.82, 2.24) is 0 Å². The predicted molar refractivity (Wildman–Crippen MR) is 111 cm³/mol. The van der Waals surface area contributed by atoms with Crippen molar-refractivity contribution < 1.29 is 24.3 Å². The number of hydrogen-bond donors (Lipinski definition) is 1. The number of aliphatic hydroxyl groups is 1. The summed E-state index contributed by atoms with van der Waals surface area (Å²) in [5, 5.41) is 14.8. The molecule has 1 heterocycles. The number of Topliss-reactive ketones (excluding diaryl/α,β-unsaturated/α-hetero) is 2. The van der Waals surface area contributed by atoms with E-state index in [9.17, 15) is 14.7 Å². The Kier molecular flexibility index (Phi) is 6.10. The van der Waals surface area contributed by atoms with Crippen LogP contribution in [-0.4, -0.2) is 35.6 Å². The molecule has 2 aliphatic rings. The monoisotopic (exact) mass is 399 g/mol. The molecule has 1 aromatic rings. The lowest BCUT2D eigenvalue weighted by molar-refractivity contribution is -0.116. The third kappa shape index (κ3) is 3.68. The molecule has 0 spiro atoms. The molecule has 0 fully saturated rings. The summed E-state index contributed by atoms with van der Waals surface area (Å²) in [6.45, 7) is 10.1. The van der Waals surface area contributed by atoms with Crippen molar-refractivity contribution in [3.05, 3.63) is 39.1 Å². The van der Waals surface area contributed by atoms with Crippen LogP contribution in [0.3, 0.4) is 0 Å². The van der Waals surface area contributed by atoms with Gasteiger partial charge in [0.15, 0.2) is 11.6 Å². The maximum Gasteiger partial charge on any atom is 0.168 e. The zero-order valence-electron chi connectivity index (χ0n) is 17.8. The fraction of sp³-hybridized carbons (Fsp3) is 0.522. The number of rotatable bonds is 6. The molecule has 1 aliphatic carbocycles. The lowest BCUT2D eigenvalue weighted by Gasteiger charge is -2.28. The maximum atomic E-state index is 13.0. The van der Waals surface area contributed by atoms with Crippen LogP contribution in [-0.2, 0) is 16.1 Å². The lowest BCUT2D eigenvalue weighted by Crippen LogP contribution is -2.25. The van der Waals surface area contributed by atoms with Crippen LogP contribution < -0.4 is 4.74 Å². The topological polar surface area (TPSA) is 85.2 Å². The molecule has 0 saturated heterocycles. The van der Waals surface area contributed by atoms with Gasteiger partial charge in [-0.25, -0.2) is 0 Å². The van der Waals surface area contributed by atoms with Gasteiger partial charge in [0, 0.05) is 41.9 Å². The number of benzene rings is 1. The van der Waals surface area contributed by atoms with Gasteiger partial charge in [0.2, 0.25) is 0 Å². The van der Waals surface area contributed by atoms with Crippen LogP contribution in [0.1, 0.15) is 78.6 Å². The van der Waals surface area contributed by atoms with E-state index in [2.05, 4.69) is 5.16 Å². The minimum atomic E-state index is -0.234. The Hall–Kier alpha value is -2.63. The average Bonchev–Trinajstić information content (AvgIpc) is 3.13. The third-order valence-electron chi connectivity index (χ3n) is 5.85. The number of hydrogen-bond acceptors (Lipinski definition) is 6. The molecule has 0 saturated carbocycles. The summed E-state index contributed by atoms with van der Waals surface area (Å²) in [5.74, 6) is 0.438. The summed E-state index contributed by atoms with van der Waals surface area (Å²) in [6, 6.07) is 0. The summed E-state index contributed by atoms with van der Waals surface area (Å²) in [5.41, 5.74) is 5.19. The fourth-order valence-electron chi connectivity index (χ4n) is 4.67. The molecule has 0 amide bonds. The van der Waals surface area contributed by atoms with Crippen LogP contribution in [0.4, 0.5) is 0 Å². The van der Waals surface area contributed by atoms with Crippen molar-refractivity contribution in [2.45, 2.75) is 66.2 Å².